The predicted molar refractivity (Wildman–Crippen MR) is 68.3 cm³/mol. The number of carbonyl (C=O) groups is 1. The molecule has 0 aromatic heterocycles. The second-order valence-corrected chi connectivity index (χ2v) is 4.14. The van der Waals surface area contributed by atoms with Gasteiger partial charge in [0.05, 0.1) is 24.2 Å². The van der Waals surface area contributed by atoms with Crippen LogP contribution < -0.4 is 5.32 Å². The second-order valence-electron chi connectivity index (χ2n) is 3.73. The van der Waals surface area contributed by atoms with Crippen LogP contribution in [0.25, 0.3) is 0 Å². The van der Waals surface area contributed by atoms with E-state index in [0.717, 1.165) is 6.07 Å². The molecule has 0 saturated carbocycles. The Labute approximate surface area is 114 Å². The molecule has 1 rings (SSSR count). The molecule has 19 heavy (non-hydrogen) atoms. The molecule has 7 nitrogen and oxygen atoms in total. The summed E-state index contributed by atoms with van der Waals surface area (Å²) in [5.41, 5.74) is -0.0982. The Hall–Kier alpha value is -1.70. The van der Waals surface area contributed by atoms with E-state index in [-0.39, 0.29) is 29.5 Å². The monoisotopic (exact) mass is 288 g/mol. The minimum absolute atomic E-state index is 0.120. The minimum atomic E-state index is -0.633. The molecule has 1 aromatic rings. The fourth-order valence-corrected chi connectivity index (χ4v) is 1.66. The number of aliphatic hydroxyl groups excluding tert-OH is 1. The van der Waals surface area contributed by atoms with Crippen LogP contribution in [0.4, 0.5) is 5.69 Å². The van der Waals surface area contributed by atoms with Gasteiger partial charge in [0, 0.05) is 18.7 Å². The average Bonchev–Trinajstić information content (AvgIpc) is 2.37. The molecule has 0 aliphatic carbocycles. The number of rotatable bonds is 6. The van der Waals surface area contributed by atoms with E-state index >= 15 is 0 Å². The highest BCUT2D eigenvalue weighted by Gasteiger charge is 2.17. The van der Waals surface area contributed by atoms with Crippen molar-refractivity contribution < 1.29 is 19.6 Å². The van der Waals surface area contributed by atoms with E-state index < -0.39 is 16.9 Å². The molecule has 0 fully saturated rings. The lowest BCUT2D eigenvalue weighted by Gasteiger charge is -2.15. The number of methoxy groups -OCH3 is 1. The lowest BCUT2D eigenvalue weighted by atomic mass is 10.2. The van der Waals surface area contributed by atoms with Gasteiger partial charge in [0.25, 0.3) is 11.6 Å². The second kappa shape index (κ2) is 7.03. The Balaban J connectivity index is 2.83. The smallest absolute Gasteiger partial charge is 0.287 e. The van der Waals surface area contributed by atoms with Crippen LogP contribution in [0.15, 0.2) is 18.2 Å². The summed E-state index contributed by atoms with van der Waals surface area (Å²) in [5, 5.41) is 22.0. The van der Waals surface area contributed by atoms with Crippen LogP contribution in [0, 0.1) is 10.1 Å². The average molecular weight is 289 g/mol. The number of nitro benzene ring substituents is 1. The maximum absolute atomic E-state index is 11.8. The number of halogens is 1. The molecule has 0 saturated heterocycles. The van der Waals surface area contributed by atoms with Gasteiger partial charge in [-0.05, 0) is 12.1 Å². The van der Waals surface area contributed by atoms with E-state index in [1.807, 2.05) is 0 Å². The summed E-state index contributed by atoms with van der Waals surface area (Å²) in [5.74, 6) is -0.493. The lowest BCUT2D eigenvalue weighted by molar-refractivity contribution is -0.384. The minimum Gasteiger partial charge on any atom is -0.394 e. The van der Waals surface area contributed by atoms with E-state index in [4.69, 9.17) is 21.4 Å². The maximum Gasteiger partial charge on any atom is 0.287 e. The van der Waals surface area contributed by atoms with Crippen molar-refractivity contribution in [3.05, 3.63) is 38.9 Å². The summed E-state index contributed by atoms with van der Waals surface area (Å²) in [6.07, 6.45) is 0. The number of aliphatic hydroxyl groups is 1. The number of carbonyl (C=O) groups excluding carboxylic acids is 1. The molecule has 0 radical (unpaired) electrons. The van der Waals surface area contributed by atoms with Gasteiger partial charge in [0.2, 0.25) is 0 Å². The van der Waals surface area contributed by atoms with E-state index in [2.05, 4.69) is 5.32 Å². The molecule has 0 bridgehead atoms. The van der Waals surface area contributed by atoms with Gasteiger partial charge >= 0.3 is 0 Å². The van der Waals surface area contributed by atoms with Crippen molar-refractivity contribution in [2.45, 2.75) is 6.04 Å². The zero-order valence-corrected chi connectivity index (χ0v) is 10.9. The van der Waals surface area contributed by atoms with Crippen LogP contribution in [-0.4, -0.2) is 42.3 Å². The summed E-state index contributed by atoms with van der Waals surface area (Å²) in [6, 6.07) is 3.10. The van der Waals surface area contributed by atoms with Crippen molar-refractivity contribution >= 4 is 23.2 Å². The quantitative estimate of drug-likeness (QED) is 0.600. The molecule has 0 spiro atoms. The Morgan fingerprint density at radius 1 is 1.63 bits per heavy atom. The van der Waals surface area contributed by atoms with Crippen LogP contribution in [0.3, 0.4) is 0 Å². The Kier molecular flexibility index (Phi) is 5.68. The highest BCUT2D eigenvalue weighted by Crippen LogP contribution is 2.24. The van der Waals surface area contributed by atoms with E-state index in [9.17, 15) is 14.9 Å². The number of ether oxygens (including phenoxy) is 1. The Morgan fingerprint density at radius 2 is 2.32 bits per heavy atom. The van der Waals surface area contributed by atoms with Gasteiger partial charge in [-0.25, -0.2) is 0 Å². The van der Waals surface area contributed by atoms with Crippen LogP contribution in [0.1, 0.15) is 10.4 Å². The first-order valence-corrected chi connectivity index (χ1v) is 5.72. The fraction of sp³-hybridized carbons (Fsp3) is 0.364. The van der Waals surface area contributed by atoms with Gasteiger partial charge in [-0.2, -0.15) is 0 Å². The normalized spacial score (nSPS) is 11.9. The summed E-state index contributed by atoms with van der Waals surface area (Å²) < 4.78 is 4.82. The summed E-state index contributed by atoms with van der Waals surface area (Å²) in [4.78, 5) is 21.8. The Bertz CT molecular complexity index is 480. The van der Waals surface area contributed by atoms with E-state index in [1.165, 1.54) is 19.2 Å². The van der Waals surface area contributed by atoms with Crippen LogP contribution in [0.2, 0.25) is 5.02 Å². The number of nitrogens with one attached hydrogen (secondary N) is 1. The zero-order chi connectivity index (χ0) is 14.4. The number of nitrogens with zero attached hydrogens (tertiary/aromatic N) is 1. The molecule has 0 aliphatic heterocycles. The Morgan fingerprint density at radius 3 is 2.79 bits per heavy atom. The van der Waals surface area contributed by atoms with Gasteiger partial charge in [0.1, 0.15) is 5.02 Å². The topological polar surface area (TPSA) is 102 Å². The molecule has 8 heteroatoms. The third-order valence-electron chi connectivity index (χ3n) is 2.33. The standard InChI is InChI=1S/C11H13ClN2O5/c1-19-6-8(5-15)13-11(16)7-2-3-10(14(17)18)9(12)4-7/h2-4,8,15H,5-6H2,1H3,(H,13,16). The van der Waals surface area contributed by atoms with Crippen LogP contribution in [-0.2, 0) is 4.74 Å². The largest absolute Gasteiger partial charge is 0.394 e. The van der Waals surface area contributed by atoms with Gasteiger partial charge in [-0.1, -0.05) is 11.6 Å². The number of hydrogen-bond donors (Lipinski definition) is 2. The van der Waals surface area contributed by atoms with Gasteiger partial charge < -0.3 is 15.2 Å². The molecule has 1 amide bonds. The van der Waals surface area contributed by atoms with Crippen molar-refractivity contribution in [1.82, 2.24) is 5.32 Å². The summed E-state index contributed by atoms with van der Waals surface area (Å²) in [7, 11) is 1.44. The van der Waals surface area contributed by atoms with Crippen molar-refractivity contribution in [1.29, 1.82) is 0 Å². The molecule has 1 unspecified atom stereocenters. The SMILES string of the molecule is COCC(CO)NC(=O)c1ccc([N+](=O)[O-])c(Cl)c1. The first-order valence-electron chi connectivity index (χ1n) is 5.34. The van der Waals surface area contributed by atoms with Gasteiger partial charge in [-0.3, -0.25) is 14.9 Å². The third-order valence-corrected chi connectivity index (χ3v) is 2.63. The fourth-order valence-electron chi connectivity index (χ4n) is 1.41. The summed E-state index contributed by atoms with van der Waals surface area (Å²) >= 11 is 5.70. The number of benzene rings is 1. The molecule has 1 atom stereocenters. The molecule has 0 aliphatic rings. The molecule has 104 valence electrons. The molecular formula is C11H13ClN2O5. The van der Waals surface area contributed by atoms with E-state index in [1.54, 1.807) is 0 Å². The molecule has 2 N–H and O–H groups in total. The first-order chi connectivity index (χ1) is 8.99. The van der Waals surface area contributed by atoms with Crippen LogP contribution in [0.5, 0.6) is 0 Å². The summed E-state index contributed by atoms with van der Waals surface area (Å²) in [6.45, 7) is -0.122. The molecule has 0 heterocycles. The van der Waals surface area contributed by atoms with Crippen molar-refractivity contribution in [2.24, 2.45) is 0 Å². The molecular weight excluding hydrogens is 276 g/mol. The number of nitro groups is 1. The maximum atomic E-state index is 11.8. The highest BCUT2D eigenvalue weighted by atomic mass is 35.5. The number of hydrogen-bond acceptors (Lipinski definition) is 5. The van der Waals surface area contributed by atoms with Gasteiger partial charge in [-0.15, -0.1) is 0 Å². The van der Waals surface area contributed by atoms with Crippen molar-refractivity contribution in [3.8, 4) is 0 Å². The van der Waals surface area contributed by atoms with Gasteiger partial charge in [0.15, 0.2) is 0 Å². The van der Waals surface area contributed by atoms with Crippen molar-refractivity contribution in [3.63, 3.8) is 0 Å². The highest BCUT2D eigenvalue weighted by molar-refractivity contribution is 6.33. The third kappa shape index (κ3) is 4.16. The van der Waals surface area contributed by atoms with Crippen molar-refractivity contribution in [2.75, 3.05) is 20.3 Å². The number of amides is 1. The predicted octanol–water partition coefficient (Wildman–Crippen LogP) is 0.985. The zero-order valence-electron chi connectivity index (χ0n) is 10.1. The van der Waals surface area contributed by atoms with E-state index in [0.29, 0.717) is 0 Å². The van der Waals surface area contributed by atoms with Crippen LogP contribution >= 0.6 is 11.6 Å². The molecule has 1 aromatic carbocycles. The lowest BCUT2D eigenvalue weighted by Crippen LogP contribution is -2.40. The first kappa shape index (κ1) is 15.4.